The third-order valence-electron chi connectivity index (χ3n) is 3.96. The Kier molecular flexibility index (Phi) is 7.17. The summed E-state index contributed by atoms with van der Waals surface area (Å²) in [5.74, 6) is 2.42. The molecule has 1 aliphatic rings. The number of guanidine groups is 1. The second-order valence-corrected chi connectivity index (χ2v) is 6.60. The van der Waals surface area contributed by atoms with E-state index in [1.165, 1.54) is 0 Å². The number of benzene rings is 1. The van der Waals surface area contributed by atoms with Gasteiger partial charge in [-0.25, -0.2) is 4.99 Å². The number of nitrogens with one attached hydrogen (secondary N) is 1. The van der Waals surface area contributed by atoms with Crippen LogP contribution in [0, 0.1) is 5.92 Å². The van der Waals surface area contributed by atoms with Crippen molar-refractivity contribution in [3.63, 3.8) is 0 Å². The van der Waals surface area contributed by atoms with Gasteiger partial charge in [0.25, 0.3) is 0 Å². The Balaban J connectivity index is 2.09. The molecule has 6 heteroatoms. The van der Waals surface area contributed by atoms with E-state index in [4.69, 9.17) is 14.5 Å². The topological polar surface area (TPSA) is 46.1 Å². The van der Waals surface area contributed by atoms with Crippen LogP contribution in [0.3, 0.4) is 0 Å². The lowest BCUT2D eigenvalue weighted by atomic mass is 10.1. The van der Waals surface area contributed by atoms with Gasteiger partial charge in [-0.3, -0.25) is 0 Å². The van der Waals surface area contributed by atoms with Gasteiger partial charge in [-0.05, 0) is 31.5 Å². The first-order valence-corrected chi connectivity index (χ1v) is 8.81. The third kappa shape index (κ3) is 5.11. The lowest BCUT2D eigenvalue weighted by Crippen LogP contribution is -2.40. The smallest absolute Gasteiger partial charge is 0.194 e. The van der Waals surface area contributed by atoms with Crippen molar-refractivity contribution in [2.75, 3.05) is 40.5 Å². The maximum absolute atomic E-state index is 5.43. The largest absolute Gasteiger partial charge is 0.496 e. The van der Waals surface area contributed by atoms with E-state index in [0.29, 0.717) is 12.5 Å². The van der Waals surface area contributed by atoms with Crippen LogP contribution >= 0.6 is 15.9 Å². The molecule has 1 aromatic carbocycles. The number of aliphatic imine (C=N–C) groups is 1. The predicted octanol–water partition coefficient (Wildman–Crippen LogP) is 2.89. The molecule has 128 valence electrons. The zero-order valence-electron chi connectivity index (χ0n) is 14.1. The van der Waals surface area contributed by atoms with Gasteiger partial charge in [-0.15, -0.1) is 0 Å². The molecule has 23 heavy (non-hydrogen) atoms. The van der Waals surface area contributed by atoms with Crippen molar-refractivity contribution in [1.29, 1.82) is 0 Å². The van der Waals surface area contributed by atoms with Crippen LogP contribution in [0.5, 0.6) is 5.75 Å². The lowest BCUT2D eigenvalue weighted by molar-refractivity contribution is 0.157. The van der Waals surface area contributed by atoms with Gasteiger partial charge in [0.1, 0.15) is 5.75 Å². The summed E-state index contributed by atoms with van der Waals surface area (Å²) in [5, 5.41) is 3.39. The molecule has 1 saturated heterocycles. The number of hydrogen-bond donors (Lipinski definition) is 1. The molecule has 0 aromatic heterocycles. The summed E-state index contributed by atoms with van der Waals surface area (Å²) in [6, 6.07) is 6.00. The molecule has 2 rings (SSSR count). The minimum absolute atomic E-state index is 0.587. The van der Waals surface area contributed by atoms with Crippen molar-refractivity contribution in [3.05, 3.63) is 28.2 Å². The van der Waals surface area contributed by atoms with Gasteiger partial charge in [0, 0.05) is 42.7 Å². The fourth-order valence-corrected chi connectivity index (χ4v) is 3.26. The number of ether oxygens (including phenoxy) is 2. The van der Waals surface area contributed by atoms with Crippen LogP contribution in [0.4, 0.5) is 0 Å². The molecule has 0 bridgehead atoms. The highest BCUT2D eigenvalue weighted by Gasteiger charge is 2.24. The molecule has 0 radical (unpaired) electrons. The Morgan fingerprint density at radius 2 is 2.26 bits per heavy atom. The van der Waals surface area contributed by atoms with Crippen LogP contribution in [-0.2, 0) is 11.3 Å². The molecule has 0 amide bonds. The van der Waals surface area contributed by atoms with Gasteiger partial charge in [-0.1, -0.05) is 15.9 Å². The number of rotatable bonds is 6. The van der Waals surface area contributed by atoms with Crippen LogP contribution in [0.15, 0.2) is 27.7 Å². The number of halogens is 1. The highest BCUT2D eigenvalue weighted by Crippen LogP contribution is 2.24. The average Bonchev–Trinajstić information content (AvgIpc) is 3.00. The van der Waals surface area contributed by atoms with E-state index in [0.717, 1.165) is 54.4 Å². The van der Waals surface area contributed by atoms with Crippen molar-refractivity contribution in [1.82, 2.24) is 10.2 Å². The first-order valence-electron chi connectivity index (χ1n) is 8.02. The van der Waals surface area contributed by atoms with Gasteiger partial charge in [-0.2, -0.15) is 0 Å². The summed E-state index contributed by atoms with van der Waals surface area (Å²) >= 11 is 3.51. The summed E-state index contributed by atoms with van der Waals surface area (Å²) in [5.41, 5.74) is 1.07. The standard InChI is InChI=1S/C17H26BrN3O2/c1-4-19-17(21-8-7-13(11-21)12-22-2)20-10-14-9-15(18)5-6-16(14)23-3/h5-6,9,13H,4,7-8,10-12H2,1-3H3,(H,19,20). The van der Waals surface area contributed by atoms with Gasteiger partial charge in [0.2, 0.25) is 0 Å². The van der Waals surface area contributed by atoms with Crippen LogP contribution < -0.4 is 10.1 Å². The molecule has 1 atom stereocenters. The van der Waals surface area contributed by atoms with Crippen LogP contribution in [0.25, 0.3) is 0 Å². The minimum atomic E-state index is 0.587. The Morgan fingerprint density at radius 3 is 2.96 bits per heavy atom. The van der Waals surface area contributed by atoms with Crippen molar-refractivity contribution < 1.29 is 9.47 Å². The normalized spacial score (nSPS) is 18.3. The highest BCUT2D eigenvalue weighted by atomic mass is 79.9. The maximum atomic E-state index is 5.43. The number of methoxy groups -OCH3 is 2. The highest BCUT2D eigenvalue weighted by molar-refractivity contribution is 9.10. The minimum Gasteiger partial charge on any atom is -0.496 e. The van der Waals surface area contributed by atoms with Crippen LogP contribution in [0.1, 0.15) is 18.9 Å². The van der Waals surface area contributed by atoms with Crippen molar-refractivity contribution >= 4 is 21.9 Å². The fraction of sp³-hybridized carbons (Fsp3) is 0.588. The summed E-state index contributed by atoms with van der Waals surface area (Å²) in [6.45, 7) is 6.38. The molecular weight excluding hydrogens is 358 g/mol. The summed E-state index contributed by atoms with van der Waals surface area (Å²) in [7, 11) is 3.46. The SMILES string of the molecule is CCNC(=NCc1cc(Br)ccc1OC)N1CCC(COC)C1. The zero-order valence-corrected chi connectivity index (χ0v) is 15.7. The van der Waals surface area contributed by atoms with E-state index in [9.17, 15) is 0 Å². The average molecular weight is 384 g/mol. The summed E-state index contributed by atoms with van der Waals surface area (Å²) in [6.07, 6.45) is 1.15. The zero-order chi connectivity index (χ0) is 16.7. The molecule has 1 fully saturated rings. The Hall–Kier alpha value is -1.27. The molecule has 0 spiro atoms. The van der Waals surface area contributed by atoms with Gasteiger partial charge >= 0.3 is 0 Å². The molecule has 1 heterocycles. The van der Waals surface area contributed by atoms with E-state index in [-0.39, 0.29) is 0 Å². The molecule has 0 aliphatic carbocycles. The van der Waals surface area contributed by atoms with Gasteiger partial charge in [0.05, 0.1) is 20.3 Å². The third-order valence-corrected chi connectivity index (χ3v) is 4.46. The molecular formula is C17H26BrN3O2. The van der Waals surface area contributed by atoms with Crippen LogP contribution in [0.2, 0.25) is 0 Å². The monoisotopic (exact) mass is 383 g/mol. The number of nitrogens with zero attached hydrogens (tertiary/aromatic N) is 2. The lowest BCUT2D eigenvalue weighted by Gasteiger charge is -2.21. The van der Waals surface area contributed by atoms with E-state index in [2.05, 4.69) is 39.1 Å². The first-order chi connectivity index (χ1) is 11.2. The second-order valence-electron chi connectivity index (χ2n) is 5.68. The number of hydrogen-bond acceptors (Lipinski definition) is 3. The molecule has 0 saturated carbocycles. The molecule has 1 N–H and O–H groups in total. The maximum Gasteiger partial charge on any atom is 0.194 e. The van der Waals surface area contributed by atoms with Crippen molar-refractivity contribution in [3.8, 4) is 5.75 Å². The van der Waals surface area contributed by atoms with E-state index < -0.39 is 0 Å². The Labute approximate surface area is 147 Å². The van der Waals surface area contributed by atoms with Gasteiger partial charge < -0.3 is 19.7 Å². The summed E-state index contributed by atoms with van der Waals surface area (Å²) < 4.78 is 11.7. The van der Waals surface area contributed by atoms with Gasteiger partial charge in [0.15, 0.2) is 5.96 Å². The summed E-state index contributed by atoms with van der Waals surface area (Å²) in [4.78, 5) is 7.12. The predicted molar refractivity (Wildman–Crippen MR) is 97.1 cm³/mol. The van der Waals surface area contributed by atoms with Crippen molar-refractivity contribution in [2.24, 2.45) is 10.9 Å². The van der Waals surface area contributed by atoms with Crippen LogP contribution in [-0.4, -0.2) is 51.3 Å². The second kappa shape index (κ2) is 9.13. The van der Waals surface area contributed by atoms with E-state index in [1.54, 1.807) is 14.2 Å². The molecule has 1 aromatic rings. The molecule has 5 nitrogen and oxygen atoms in total. The van der Waals surface area contributed by atoms with E-state index in [1.807, 2.05) is 12.1 Å². The quantitative estimate of drug-likeness (QED) is 0.605. The molecule has 1 unspecified atom stereocenters. The number of likely N-dealkylation sites (tertiary alicyclic amines) is 1. The van der Waals surface area contributed by atoms with E-state index >= 15 is 0 Å². The fourth-order valence-electron chi connectivity index (χ4n) is 2.85. The van der Waals surface area contributed by atoms with Crippen molar-refractivity contribution in [2.45, 2.75) is 19.9 Å². The Morgan fingerprint density at radius 1 is 1.43 bits per heavy atom. The first kappa shape index (κ1) is 18.1. The molecule has 1 aliphatic heterocycles. The Bertz CT molecular complexity index is 537.